The summed E-state index contributed by atoms with van der Waals surface area (Å²) in [5, 5.41) is 1.38. The van der Waals surface area contributed by atoms with E-state index in [0.717, 1.165) is 0 Å². The minimum atomic E-state index is -0.338. The van der Waals surface area contributed by atoms with Crippen molar-refractivity contribution in [2.75, 3.05) is 0 Å². The molecule has 0 fully saturated rings. The Labute approximate surface area is 62.7 Å². The van der Waals surface area contributed by atoms with Crippen molar-refractivity contribution in [1.29, 1.82) is 0 Å². The van der Waals surface area contributed by atoms with Crippen LogP contribution in [0.2, 0.25) is 0 Å². The van der Waals surface area contributed by atoms with Crippen molar-refractivity contribution in [1.82, 2.24) is 0 Å². The van der Waals surface area contributed by atoms with Crippen molar-refractivity contribution in [3.63, 3.8) is 0 Å². The lowest BCUT2D eigenvalue weighted by Gasteiger charge is -1.96. The van der Waals surface area contributed by atoms with Crippen molar-refractivity contribution in [3.8, 4) is 0 Å². The van der Waals surface area contributed by atoms with Gasteiger partial charge in [-0.05, 0) is 13.8 Å². The van der Waals surface area contributed by atoms with Crippen molar-refractivity contribution in [2.45, 2.75) is 18.3 Å². The summed E-state index contributed by atoms with van der Waals surface area (Å²) >= 11 is 11.1. The van der Waals surface area contributed by atoms with Crippen LogP contribution in [0.15, 0.2) is 11.3 Å². The van der Waals surface area contributed by atoms with E-state index in [1.165, 1.54) is 5.20 Å². The third-order valence-corrected chi connectivity index (χ3v) is 3.26. The second kappa shape index (κ2) is 4.42. The smallest absolute Gasteiger partial charge is 0.0953 e. The van der Waals surface area contributed by atoms with Gasteiger partial charge in [0.05, 0.1) is 14.0 Å². The van der Waals surface area contributed by atoms with Gasteiger partial charge in [0.1, 0.15) is 0 Å². The van der Waals surface area contributed by atoms with Gasteiger partial charge in [-0.2, -0.15) is 0 Å². The molecular formula is C5H10Cl2Si. The molecule has 0 atom stereocenters. The molecular weight excluding hydrogens is 159 g/mol. The van der Waals surface area contributed by atoms with Gasteiger partial charge in [-0.15, -0.1) is 23.2 Å². The monoisotopic (exact) mass is 168 g/mol. The molecule has 0 bridgehead atoms. The molecule has 0 aromatic carbocycles. The fourth-order valence-corrected chi connectivity index (χ4v) is 2.54. The molecule has 0 saturated heterocycles. The minimum absolute atomic E-state index is 0.105. The highest BCUT2D eigenvalue weighted by Crippen LogP contribution is 2.03. The molecule has 0 saturated carbocycles. The molecule has 0 aromatic rings. The number of hydrogen-bond donors (Lipinski definition) is 0. The minimum Gasteiger partial charge on any atom is -0.110 e. The average Bonchev–Trinajstić information content (AvgIpc) is 1.65. The molecule has 0 rings (SSSR count). The maximum atomic E-state index is 5.54. The molecule has 0 aliphatic carbocycles. The van der Waals surface area contributed by atoms with Gasteiger partial charge in [0.25, 0.3) is 0 Å². The lowest BCUT2D eigenvalue weighted by molar-refractivity contribution is 1.55. The summed E-state index contributed by atoms with van der Waals surface area (Å²) in [6.07, 6.45) is 2.07. The van der Waals surface area contributed by atoms with Gasteiger partial charge in [0.15, 0.2) is 0 Å². The lowest BCUT2D eigenvalue weighted by atomic mass is 10.6. The van der Waals surface area contributed by atoms with E-state index in [1.54, 1.807) is 0 Å². The predicted octanol–water partition coefficient (Wildman–Crippen LogP) is 1.84. The van der Waals surface area contributed by atoms with Crippen LogP contribution < -0.4 is 0 Å². The SMILES string of the molecule is CC=C(C)[SiH2]C(Cl)Cl. The van der Waals surface area contributed by atoms with E-state index >= 15 is 0 Å². The lowest BCUT2D eigenvalue weighted by Crippen LogP contribution is -2.02. The average molecular weight is 169 g/mol. The van der Waals surface area contributed by atoms with Crippen molar-refractivity contribution in [2.24, 2.45) is 0 Å². The predicted molar refractivity (Wildman–Crippen MR) is 43.5 cm³/mol. The second-order valence-electron chi connectivity index (χ2n) is 1.73. The third-order valence-electron chi connectivity index (χ3n) is 0.969. The molecule has 0 aromatic heterocycles. The summed E-state index contributed by atoms with van der Waals surface area (Å²) in [4.78, 5) is 0. The van der Waals surface area contributed by atoms with Gasteiger partial charge in [-0.1, -0.05) is 11.3 Å². The molecule has 8 heavy (non-hydrogen) atoms. The van der Waals surface area contributed by atoms with Gasteiger partial charge in [-0.25, -0.2) is 0 Å². The first-order valence-electron chi connectivity index (χ1n) is 2.56. The third kappa shape index (κ3) is 4.69. The fraction of sp³-hybridized carbons (Fsp3) is 0.600. The largest absolute Gasteiger partial charge is 0.110 e. The molecule has 48 valence electrons. The van der Waals surface area contributed by atoms with E-state index in [1.807, 2.05) is 6.92 Å². The molecule has 0 N–H and O–H groups in total. The van der Waals surface area contributed by atoms with E-state index < -0.39 is 0 Å². The highest BCUT2D eigenvalue weighted by Gasteiger charge is 1.98. The van der Waals surface area contributed by atoms with Gasteiger partial charge < -0.3 is 0 Å². The first-order chi connectivity index (χ1) is 3.66. The molecule has 0 aliphatic heterocycles. The Bertz CT molecular complexity index is 88.4. The summed E-state index contributed by atoms with van der Waals surface area (Å²) in [5.41, 5.74) is 0. The van der Waals surface area contributed by atoms with Gasteiger partial charge in [0, 0.05) is 0 Å². The second-order valence-corrected chi connectivity index (χ2v) is 6.38. The van der Waals surface area contributed by atoms with Gasteiger partial charge >= 0.3 is 0 Å². The van der Waals surface area contributed by atoms with Crippen LogP contribution in [-0.4, -0.2) is 14.0 Å². The molecule has 0 amide bonds. The van der Waals surface area contributed by atoms with Crippen LogP contribution in [0.5, 0.6) is 0 Å². The summed E-state index contributed by atoms with van der Waals surface area (Å²) in [5.74, 6) is 0. The van der Waals surface area contributed by atoms with E-state index in [-0.39, 0.29) is 14.0 Å². The van der Waals surface area contributed by atoms with E-state index in [2.05, 4.69) is 13.0 Å². The summed E-state index contributed by atoms with van der Waals surface area (Å²) in [6, 6.07) is 0. The zero-order chi connectivity index (χ0) is 6.57. The Morgan fingerprint density at radius 3 is 2.25 bits per heavy atom. The van der Waals surface area contributed by atoms with Crippen molar-refractivity contribution >= 4 is 32.7 Å². The number of halogens is 2. The topological polar surface area (TPSA) is 0 Å². The molecule has 0 unspecified atom stereocenters. The van der Waals surface area contributed by atoms with Crippen LogP contribution >= 0.6 is 23.2 Å². The summed E-state index contributed by atoms with van der Waals surface area (Å²) in [6.45, 7) is 4.09. The molecule has 0 heterocycles. The van der Waals surface area contributed by atoms with E-state index in [4.69, 9.17) is 23.2 Å². The molecule has 0 nitrogen and oxygen atoms in total. The Morgan fingerprint density at radius 2 is 2.12 bits per heavy atom. The van der Waals surface area contributed by atoms with Crippen LogP contribution in [0.4, 0.5) is 0 Å². The quantitative estimate of drug-likeness (QED) is 0.437. The van der Waals surface area contributed by atoms with Crippen LogP contribution in [-0.2, 0) is 0 Å². The molecule has 0 radical (unpaired) electrons. The zero-order valence-electron chi connectivity index (χ0n) is 5.12. The normalized spacial score (nSPS) is 14.4. The molecule has 0 spiro atoms. The van der Waals surface area contributed by atoms with Crippen LogP contribution in [0.3, 0.4) is 0 Å². The van der Waals surface area contributed by atoms with Crippen LogP contribution in [0.1, 0.15) is 13.8 Å². The molecule has 0 aliphatic rings. The van der Waals surface area contributed by atoms with E-state index in [9.17, 15) is 0 Å². The van der Waals surface area contributed by atoms with Crippen molar-refractivity contribution < 1.29 is 0 Å². The molecule has 3 heteroatoms. The van der Waals surface area contributed by atoms with E-state index in [0.29, 0.717) is 0 Å². The number of alkyl halides is 2. The van der Waals surface area contributed by atoms with Crippen molar-refractivity contribution in [3.05, 3.63) is 11.3 Å². The Kier molecular flexibility index (Phi) is 4.72. The maximum Gasteiger partial charge on any atom is 0.0953 e. The number of rotatable bonds is 2. The van der Waals surface area contributed by atoms with Gasteiger partial charge in [0.2, 0.25) is 0 Å². The first-order valence-corrected chi connectivity index (χ1v) is 4.96. The zero-order valence-corrected chi connectivity index (χ0v) is 8.04. The number of hydrogen-bond acceptors (Lipinski definition) is 0. The highest BCUT2D eigenvalue weighted by molar-refractivity contribution is 6.72. The summed E-state index contributed by atoms with van der Waals surface area (Å²) in [7, 11) is -0.338. The Hall–Kier alpha value is 0.537. The fourth-order valence-electron chi connectivity index (χ4n) is 0.361. The Balaban J connectivity index is 3.39. The Morgan fingerprint density at radius 1 is 1.62 bits per heavy atom. The van der Waals surface area contributed by atoms with Gasteiger partial charge in [-0.3, -0.25) is 0 Å². The highest BCUT2D eigenvalue weighted by atomic mass is 35.5. The van der Waals surface area contributed by atoms with Crippen LogP contribution in [0.25, 0.3) is 0 Å². The number of allylic oxidation sites excluding steroid dienone is 2. The van der Waals surface area contributed by atoms with Crippen LogP contribution in [0, 0.1) is 0 Å². The summed E-state index contributed by atoms with van der Waals surface area (Å²) < 4.78 is -0.105. The maximum absolute atomic E-state index is 5.54. The first kappa shape index (κ1) is 8.54. The standard InChI is InChI=1S/C5H10Cl2Si/c1-3-4(2)8-5(6)7/h3,5H,8H2,1-2H3.